The van der Waals surface area contributed by atoms with Crippen molar-refractivity contribution in [2.75, 3.05) is 13.1 Å². The Morgan fingerprint density at radius 2 is 1.85 bits per heavy atom. The molecule has 20 heavy (non-hydrogen) atoms. The lowest BCUT2D eigenvalue weighted by molar-refractivity contribution is -0.137. The van der Waals surface area contributed by atoms with E-state index in [9.17, 15) is 4.79 Å². The van der Waals surface area contributed by atoms with Crippen LogP contribution in [0.1, 0.15) is 32.6 Å². The molecule has 0 N–H and O–H groups in total. The van der Waals surface area contributed by atoms with Gasteiger partial charge in [-0.2, -0.15) is 0 Å². The van der Waals surface area contributed by atoms with Crippen molar-refractivity contribution in [3.8, 4) is 5.75 Å². The number of amides is 1. The SMILES string of the molecule is CC(Oc1ccc(Br)cc1Br)C(=O)N1CCCCCC1. The van der Waals surface area contributed by atoms with Crippen molar-refractivity contribution in [1.82, 2.24) is 4.90 Å². The Labute approximate surface area is 136 Å². The first kappa shape index (κ1) is 15.8. The third kappa shape index (κ3) is 4.22. The molecule has 110 valence electrons. The molecule has 1 heterocycles. The summed E-state index contributed by atoms with van der Waals surface area (Å²) < 4.78 is 7.62. The van der Waals surface area contributed by atoms with Crippen LogP contribution in [-0.4, -0.2) is 30.0 Å². The molecule has 1 atom stereocenters. The standard InChI is InChI=1S/C15H19Br2NO2/c1-11(15(19)18-8-4-2-3-5-9-18)20-14-7-6-12(16)10-13(14)17/h6-7,10-11H,2-5,8-9H2,1H3. The van der Waals surface area contributed by atoms with E-state index in [-0.39, 0.29) is 5.91 Å². The molecule has 5 heteroatoms. The van der Waals surface area contributed by atoms with Crippen molar-refractivity contribution < 1.29 is 9.53 Å². The fourth-order valence-corrected chi connectivity index (χ4v) is 3.50. The summed E-state index contributed by atoms with van der Waals surface area (Å²) in [5.41, 5.74) is 0. The number of hydrogen-bond acceptors (Lipinski definition) is 2. The lowest BCUT2D eigenvalue weighted by atomic mass is 10.2. The highest BCUT2D eigenvalue weighted by atomic mass is 79.9. The number of halogens is 2. The van der Waals surface area contributed by atoms with Gasteiger partial charge in [0.2, 0.25) is 0 Å². The van der Waals surface area contributed by atoms with Crippen LogP contribution in [0.5, 0.6) is 5.75 Å². The molecule has 1 aliphatic rings. The first-order chi connectivity index (χ1) is 9.58. The predicted octanol–water partition coefficient (Wildman–Crippen LogP) is 4.38. The molecule has 0 aromatic heterocycles. The van der Waals surface area contributed by atoms with Gasteiger partial charge in [-0.05, 0) is 53.9 Å². The summed E-state index contributed by atoms with van der Waals surface area (Å²) in [6.45, 7) is 3.53. The molecule has 2 rings (SSSR count). The highest BCUT2D eigenvalue weighted by Gasteiger charge is 2.23. The Bertz CT molecular complexity index is 471. The van der Waals surface area contributed by atoms with Gasteiger partial charge >= 0.3 is 0 Å². The van der Waals surface area contributed by atoms with Gasteiger partial charge in [-0.15, -0.1) is 0 Å². The molecule has 3 nitrogen and oxygen atoms in total. The van der Waals surface area contributed by atoms with Crippen molar-refractivity contribution in [2.24, 2.45) is 0 Å². The molecule has 0 aliphatic carbocycles. The van der Waals surface area contributed by atoms with Crippen molar-refractivity contribution in [3.63, 3.8) is 0 Å². The number of nitrogens with zero attached hydrogens (tertiary/aromatic N) is 1. The van der Waals surface area contributed by atoms with Gasteiger partial charge in [0.25, 0.3) is 5.91 Å². The Hall–Kier alpha value is -0.550. The zero-order valence-electron chi connectivity index (χ0n) is 11.6. The normalized spacial score (nSPS) is 17.4. The van der Waals surface area contributed by atoms with E-state index >= 15 is 0 Å². The van der Waals surface area contributed by atoms with E-state index in [0.29, 0.717) is 5.75 Å². The van der Waals surface area contributed by atoms with Gasteiger partial charge < -0.3 is 9.64 Å². The second kappa shape index (κ2) is 7.46. The van der Waals surface area contributed by atoms with Crippen LogP contribution < -0.4 is 4.74 Å². The Balaban J connectivity index is 1.99. The molecule has 0 spiro atoms. The number of ether oxygens (including phenoxy) is 1. The number of hydrogen-bond donors (Lipinski definition) is 0. The van der Waals surface area contributed by atoms with Gasteiger partial charge in [0.1, 0.15) is 5.75 Å². The van der Waals surface area contributed by atoms with E-state index in [1.54, 1.807) is 0 Å². The average Bonchev–Trinajstić information content (AvgIpc) is 2.70. The van der Waals surface area contributed by atoms with Crippen LogP contribution in [0.3, 0.4) is 0 Å². The second-order valence-corrected chi connectivity index (χ2v) is 6.84. The van der Waals surface area contributed by atoms with Crippen molar-refractivity contribution in [2.45, 2.75) is 38.7 Å². The number of rotatable bonds is 3. The minimum absolute atomic E-state index is 0.0849. The lowest BCUT2D eigenvalue weighted by Gasteiger charge is -2.24. The van der Waals surface area contributed by atoms with Crippen molar-refractivity contribution in [3.05, 3.63) is 27.1 Å². The highest BCUT2D eigenvalue weighted by Crippen LogP contribution is 2.29. The van der Waals surface area contributed by atoms with E-state index in [2.05, 4.69) is 31.9 Å². The number of likely N-dealkylation sites (tertiary alicyclic amines) is 1. The summed E-state index contributed by atoms with van der Waals surface area (Å²) in [5.74, 6) is 0.783. The Kier molecular flexibility index (Phi) is 5.90. The van der Waals surface area contributed by atoms with E-state index in [0.717, 1.165) is 34.9 Å². The molecule has 1 aliphatic heterocycles. The molecule has 1 unspecified atom stereocenters. The molecule has 0 radical (unpaired) electrons. The lowest BCUT2D eigenvalue weighted by Crippen LogP contribution is -2.41. The number of carbonyl (C=O) groups excluding carboxylic acids is 1. The highest BCUT2D eigenvalue weighted by molar-refractivity contribution is 9.11. The number of benzene rings is 1. The van der Waals surface area contributed by atoms with E-state index < -0.39 is 6.10 Å². The van der Waals surface area contributed by atoms with Gasteiger partial charge in [0, 0.05) is 17.6 Å². The molecule has 1 aromatic carbocycles. The summed E-state index contributed by atoms with van der Waals surface area (Å²) in [7, 11) is 0. The molecule has 0 bridgehead atoms. The molecule has 1 fully saturated rings. The molecule has 1 aromatic rings. The Morgan fingerprint density at radius 3 is 2.45 bits per heavy atom. The quantitative estimate of drug-likeness (QED) is 0.747. The fourth-order valence-electron chi connectivity index (χ4n) is 2.36. The van der Waals surface area contributed by atoms with Crippen LogP contribution >= 0.6 is 31.9 Å². The third-order valence-electron chi connectivity index (χ3n) is 3.46. The molecule has 1 saturated heterocycles. The molecule has 1 amide bonds. The molecular formula is C15H19Br2NO2. The van der Waals surface area contributed by atoms with E-state index in [4.69, 9.17) is 4.74 Å². The van der Waals surface area contributed by atoms with Gasteiger partial charge in [0.05, 0.1) is 4.47 Å². The second-order valence-electron chi connectivity index (χ2n) is 5.07. The van der Waals surface area contributed by atoms with Gasteiger partial charge in [-0.25, -0.2) is 0 Å². The average molecular weight is 405 g/mol. The van der Waals surface area contributed by atoms with Crippen LogP contribution in [0, 0.1) is 0 Å². The predicted molar refractivity (Wildman–Crippen MR) is 87.0 cm³/mol. The van der Waals surface area contributed by atoms with Gasteiger partial charge in [-0.1, -0.05) is 28.8 Å². The zero-order chi connectivity index (χ0) is 14.5. The maximum atomic E-state index is 12.4. The van der Waals surface area contributed by atoms with E-state index in [1.165, 1.54) is 12.8 Å². The first-order valence-electron chi connectivity index (χ1n) is 6.98. The summed E-state index contributed by atoms with van der Waals surface area (Å²) in [6.07, 6.45) is 4.18. The maximum Gasteiger partial charge on any atom is 0.263 e. The van der Waals surface area contributed by atoms with Crippen molar-refractivity contribution >= 4 is 37.8 Å². The van der Waals surface area contributed by atoms with Gasteiger partial charge in [-0.3, -0.25) is 4.79 Å². The van der Waals surface area contributed by atoms with Gasteiger partial charge in [0.15, 0.2) is 6.10 Å². The minimum atomic E-state index is -0.453. The fraction of sp³-hybridized carbons (Fsp3) is 0.533. The van der Waals surface area contributed by atoms with Crippen LogP contribution in [0.4, 0.5) is 0 Å². The third-order valence-corrected chi connectivity index (χ3v) is 4.58. The zero-order valence-corrected chi connectivity index (χ0v) is 14.7. The summed E-state index contributed by atoms with van der Waals surface area (Å²) in [4.78, 5) is 14.3. The monoisotopic (exact) mass is 403 g/mol. The number of carbonyl (C=O) groups is 1. The van der Waals surface area contributed by atoms with Crippen LogP contribution in [0.25, 0.3) is 0 Å². The maximum absolute atomic E-state index is 12.4. The van der Waals surface area contributed by atoms with Crippen LogP contribution in [-0.2, 0) is 4.79 Å². The summed E-state index contributed by atoms with van der Waals surface area (Å²) in [5, 5.41) is 0. The minimum Gasteiger partial charge on any atom is -0.480 e. The Morgan fingerprint density at radius 1 is 1.20 bits per heavy atom. The molecular weight excluding hydrogens is 386 g/mol. The van der Waals surface area contributed by atoms with Crippen LogP contribution in [0.2, 0.25) is 0 Å². The van der Waals surface area contributed by atoms with E-state index in [1.807, 2.05) is 30.0 Å². The summed E-state index contributed by atoms with van der Waals surface area (Å²) in [6, 6.07) is 5.68. The first-order valence-corrected chi connectivity index (χ1v) is 8.57. The smallest absolute Gasteiger partial charge is 0.263 e. The van der Waals surface area contributed by atoms with Crippen LogP contribution in [0.15, 0.2) is 27.1 Å². The summed E-state index contributed by atoms with van der Waals surface area (Å²) >= 11 is 6.86. The van der Waals surface area contributed by atoms with Crippen molar-refractivity contribution in [1.29, 1.82) is 0 Å². The molecule has 0 saturated carbocycles. The topological polar surface area (TPSA) is 29.5 Å². The largest absolute Gasteiger partial charge is 0.480 e.